The third kappa shape index (κ3) is 2.41. The molecular formula is C12H13NO3. The third-order valence-electron chi connectivity index (χ3n) is 2.28. The topological polar surface area (TPSA) is 55.5 Å². The number of aliphatic hydroxyl groups excluding tert-OH is 1. The molecule has 0 aliphatic carbocycles. The molecule has 0 bridgehead atoms. The maximum absolute atomic E-state index is 8.86. The molecule has 0 amide bonds. The minimum atomic E-state index is -0.0956. The Labute approximate surface area is 93.5 Å². The first-order valence-electron chi connectivity index (χ1n) is 5.00. The van der Waals surface area contributed by atoms with Gasteiger partial charge in [0.15, 0.2) is 0 Å². The number of rotatable bonds is 4. The van der Waals surface area contributed by atoms with Crippen LogP contribution < -0.4 is 4.74 Å². The lowest BCUT2D eigenvalue weighted by Gasteiger charge is -2.01. The van der Waals surface area contributed by atoms with Gasteiger partial charge in [-0.1, -0.05) is 17.3 Å². The van der Waals surface area contributed by atoms with Crippen LogP contribution in [0.25, 0.3) is 0 Å². The molecule has 2 aromatic rings. The number of hydrogen-bond acceptors (Lipinski definition) is 4. The molecule has 4 heteroatoms. The first-order valence-corrected chi connectivity index (χ1v) is 5.00. The van der Waals surface area contributed by atoms with Gasteiger partial charge in [-0.25, -0.2) is 0 Å². The lowest BCUT2D eigenvalue weighted by Crippen LogP contribution is -1.88. The summed E-state index contributed by atoms with van der Waals surface area (Å²) >= 11 is 0. The summed E-state index contributed by atoms with van der Waals surface area (Å²) in [5.41, 5.74) is 1.64. The summed E-state index contributed by atoms with van der Waals surface area (Å²) in [5.74, 6) is 1.55. The minimum Gasteiger partial charge on any atom is -0.497 e. The van der Waals surface area contributed by atoms with Crippen LogP contribution in [0, 0.1) is 0 Å². The van der Waals surface area contributed by atoms with Crippen molar-refractivity contribution in [2.24, 2.45) is 0 Å². The molecule has 1 heterocycles. The van der Waals surface area contributed by atoms with Gasteiger partial charge in [0.05, 0.1) is 13.7 Å². The van der Waals surface area contributed by atoms with Gasteiger partial charge in [0, 0.05) is 12.5 Å². The van der Waals surface area contributed by atoms with Gasteiger partial charge in [0.2, 0.25) is 0 Å². The van der Waals surface area contributed by atoms with Gasteiger partial charge < -0.3 is 14.4 Å². The summed E-state index contributed by atoms with van der Waals surface area (Å²) in [6.45, 7) is -0.0956. The molecule has 16 heavy (non-hydrogen) atoms. The lowest BCUT2D eigenvalue weighted by atomic mass is 10.1. The van der Waals surface area contributed by atoms with Crippen LogP contribution in [0.3, 0.4) is 0 Å². The Hall–Kier alpha value is -1.81. The molecule has 0 unspecified atom stereocenters. The maximum atomic E-state index is 8.86. The zero-order valence-corrected chi connectivity index (χ0v) is 9.01. The van der Waals surface area contributed by atoms with Crippen molar-refractivity contribution in [2.75, 3.05) is 7.11 Å². The molecule has 1 N–H and O–H groups in total. The van der Waals surface area contributed by atoms with Crippen LogP contribution in [0.1, 0.15) is 17.0 Å². The van der Waals surface area contributed by atoms with E-state index in [1.54, 1.807) is 13.2 Å². The SMILES string of the molecule is COc1cccc(Cc2cc(CO)no2)c1. The normalized spacial score (nSPS) is 10.4. The van der Waals surface area contributed by atoms with Gasteiger partial charge in [0.25, 0.3) is 0 Å². The highest BCUT2D eigenvalue weighted by atomic mass is 16.5. The average molecular weight is 219 g/mol. The predicted molar refractivity (Wildman–Crippen MR) is 58.2 cm³/mol. The van der Waals surface area contributed by atoms with Gasteiger partial charge in [-0.2, -0.15) is 0 Å². The second-order valence-corrected chi connectivity index (χ2v) is 3.47. The third-order valence-corrected chi connectivity index (χ3v) is 2.28. The Morgan fingerprint density at radius 1 is 1.38 bits per heavy atom. The van der Waals surface area contributed by atoms with Crippen molar-refractivity contribution in [2.45, 2.75) is 13.0 Å². The van der Waals surface area contributed by atoms with Crippen LogP contribution in [0.2, 0.25) is 0 Å². The summed E-state index contributed by atoms with van der Waals surface area (Å²) in [6.07, 6.45) is 0.643. The number of methoxy groups -OCH3 is 1. The molecule has 2 rings (SSSR count). The van der Waals surface area contributed by atoms with Crippen LogP contribution >= 0.6 is 0 Å². The zero-order valence-electron chi connectivity index (χ0n) is 9.01. The van der Waals surface area contributed by atoms with E-state index in [0.717, 1.165) is 17.1 Å². The molecular weight excluding hydrogens is 206 g/mol. The van der Waals surface area contributed by atoms with Gasteiger partial charge >= 0.3 is 0 Å². The van der Waals surface area contributed by atoms with Crippen LogP contribution in [0.5, 0.6) is 5.75 Å². The van der Waals surface area contributed by atoms with Crippen molar-refractivity contribution in [3.05, 3.63) is 47.3 Å². The van der Waals surface area contributed by atoms with Crippen molar-refractivity contribution in [1.82, 2.24) is 5.16 Å². The van der Waals surface area contributed by atoms with Crippen molar-refractivity contribution >= 4 is 0 Å². The number of ether oxygens (including phenoxy) is 1. The van der Waals surface area contributed by atoms with E-state index in [-0.39, 0.29) is 6.61 Å². The first-order chi connectivity index (χ1) is 7.81. The van der Waals surface area contributed by atoms with Crippen LogP contribution in [-0.2, 0) is 13.0 Å². The fourth-order valence-corrected chi connectivity index (χ4v) is 1.50. The fourth-order valence-electron chi connectivity index (χ4n) is 1.50. The number of benzene rings is 1. The lowest BCUT2D eigenvalue weighted by molar-refractivity contribution is 0.265. The molecule has 84 valence electrons. The van der Waals surface area contributed by atoms with E-state index in [0.29, 0.717) is 12.1 Å². The number of nitrogens with zero attached hydrogens (tertiary/aromatic N) is 1. The number of hydrogen-bond donors (Lipinski definition) is 1. The highest BCUT2D eigenvalue weighted by Crippen LogP contribution is 2.16. The Balaban J connectivity index is 2.13. The largest absolute Gasteiger partial charge is 0.497 e. The Bertz CT molecular complexity index is 465. The van der Waals surface area contributed by atoms with Crippen LogP contribution in [0.15, 0.2) is 34.9 Å². The second kappa shape index (κ2) is 4.81. The summed E-state index contributed by atoms with van der Waals surface area (Å²) in [7, 11) is 1.64. The molecule has 0 atom stereocenters. The Kier molecular flexibility index (Phi) is 3.22. The number of aromatic nitrogens is 1. The van der Waals surface area contributed by atoms with E-state index in [1.807, 2.05) is 24.3 Å². The zero-order chi connectivity index (χ0) is 11.4. The average Bonchev–Trinajstić information content (AvgIpc) is 2.77. The van der Waals surface area contributed by atoms with Gasteiger partial charge in [-0.15, -0.1) is 0 Å². The highest BCUT2D eigenvalue weighted by molar-refractivity contribution is 5.30. The molecule has 0 aliphatic heterocycles. The molecule has 0 aliphatic rings. The van der Waals surface area contributed by atoms with Gasteiger partial charge in [0.1, 0.15) is 17.2 Å². The van der Waals surface area contributed by atoms with Gasteiger partial charge in [-0.3, -0.25) is 0 Å². The molecule has 0 fully saturated rings. The maximum Gasteiger partial charge on any atom is 0.141 e. The van der Waals surface area contributed by atoms with Gasteiger partial charge in [-0.05, 0) is 17.7 Å². The quantitative estimate of drug-likeness (QED) is 0.851. The minimum absolute atomic E-state index is 0.0956. The van der Waals surface area contributed by atoms with E-state index >= 15 is 0 Å². The Morgan fingerprint density at radius 2 is 2.25 bits per heavy atom. The molecule has 0 spiro atoms. The van der Waals surface area contributed by atoms with Crippen molar-refractivity contribution < 1.29 is 14.4 Å². The van der Waals surface area contributed by atoms with E-state index < -0.39 is 0 Å². The number of aliphatic hydroxyl groups is 1. The van der Waals surface area contributed by atoms with Crippen LogP contribution in [-0.4, -0.2) is 17.4 Å². The fraction of sp³-hybridized carbons (Fsp3) is 0.250. The smallest absolute Gasteiger partial charge is 0.141 e. The molecule has 0 saturated heterocycles. The van der Waals surface area contributed by atoms with E-state index in [1.165, 1.54) is 0 Å². The van der Waals surface area contributed by atoms with Crippen molar-refractivity contribution in [3.63, 3.8) is 0 Å². The summed E-state index contributed by atoms with van der Waals surface area (Å²) in [4.78, 5) is 0. The summed E-state index contributed by atoms with van der Waals surface area (Å²) in [6, 6.07) is 9.50. The predicted octanol–water partition coefficient (Wildman–Crippen LogP) is 1.77. The molecule has 0 radical (unpaired) electrons. The Morgan fingerprint density at radius 3 is 2.94 bits per heavy atom. The van der Waals surface area contributed by atoms with Crippen LogP contribution in [0.4, 0.5) is 0 Å². The molecule has 4 nitrogen and oxygen atoms in total. The molecule has 1 aromatic carbocycles. The monoisotopic (exact) mass is 219 g/mol. The summed E-state index contributed by atoms with van der Waals surface area (Å²) in [5, 5.41) is 12.6. The highest BCUT2D eigenvalue weighted by Gasteiger charge is 2.04. The molecule has 0 saturated carbocycles. The summed E-state index contributed by atoms with van der Waals surface area (Å²) < 4.78 is 10.2. The van der Waals surface area contributed by atoms with Crippen molar-refractivity contribution in [3.8, 4) is 5.75 Å². The van der Waals surface area contributed by atoms with Crippen molar-refractivity contribution in [1.29, 1.82) is 0 Å². The first kappa shape index (κ1) is 10.7. The van der Waals surface area contributed by atoms with E-state index in [4.69, 9.17) is 14.4 Å². The molecule has 1 aromatic heterocycles. The van der Waals surface area contributed by atoms with E-state index in [2.05, 4.69) is 5.16 Å². The standard InChI is InChI=1S/C12H13NO3/c1-15-11-4-2-3-9(5-11)6-12-7-10(8-14)13-16-12/h2-5,7,14H,6,8H2,1H3. The van der Waals surface area contributed by atoms with E-state index in [9.17, 15) is 0 Å². The second-order valence-electron chi connectivity index (χ2n) is 3.47.